The van der Waals surface area contributed by atoms with Gasteiger partial charge < -0.3 is 10.2 Å². The number of thiophene rings is 1. The Labute approximate surface area is 166 Å². The van der Waals surface area contributed by atoms with Crippen molar-refractivity contribution in [1.29, 1.82) is 0 Å². The van der Waals surface area contributed by atoms with Gasteiger partial charge in [-0.1, -0.05) is 6.07 Å². The van der Waals surface area contributed by atoms with Crippen molar-refractivity contribution in [3.63, 3.8) is 0 Å². The topological polar surface area (TPSA) is 50.2 Å². The standard InChI is InChI=1S/C17H18BrF3N4OS/c18-13-14(16(26)24-6-2-1-3-7-24)23-25-12(17(19,20)21)9-10(22-15(13)25)11-5-4-8-27-11/h4-5,8,10,12,22H,1-3,6-7,9H2/t10-,12-/m0/s1. The van der Waals surface area contributed by atoms with Crippen molar-refractivity contribution in [2.75, 3.05) is 18.4 Å². The summed E-state index contributed by atoms with van der Waals surface area (Å²) < 4.78 is 42.4. The third-order valence-corrected chi connectivity index (χ3v) is 6.77. The molecule has 4 rings (SSSR count). The number of fused-ring (bicyclic) bond motifs is 1. The highest BCUT2D eigenvalue weighted by atomic mass is 79.9. The Bertz CT molecular complexity index is 830. The zero-order chi connectivity index (χ0) is 19.2. The van der Waals surface area contributed by atoms with Crippen LogP contribution in [0.3, 0.4) is 0 Å². The highest BCUT2D eigenvalue weighted by molar-refractivity contribution is 9.10. The number of hydrogen-bond acceptors (Lipinski definition) is 4. The van der Waals surface area contributed by atoms with E-state index < -0.39 is 18.3 Å². The third-order valence-electron chi connectivity index (χ3n) is 5.03. The van der Waals surface area contributed by atoms with Crippen LogP contribution in [0.15, 0.2) is 22.0 Å². The van der Waals surface area contributed by atoms with Gasteiger partial charge in [-0.25, -0.2) is 4.68 Å². The lowest BCUT2D eigenvalue weighted by molar-refractivity contribution is -0.173. The minimum Gasteiger partial charge on any atom is -0.362 e. The average molecular weight is 463 g/mol. The van der Waals surface area contributed by atoms with Crippen molar-refractivity contribution >= 4 is 39.0 Å². The molecule has 1 fully saturated rings. The van der Waals surface area contributed by atoms with Gasteiger partial charge in [-0.05, 0) is 46.6 Å². The molecule has 0 spiro atoms. The highest BCUT2D eigenvalue weighted by Gasteiger charge is 2.48. The van der Waals surface area contributed by atoms with Crippen molar-refractivity contribution < 1.29 is 18.0 Å². The number of carbonyl (C=O) groups excluding carboxylic acids is 1. The van der Waals surface area contributed by atoms with Gasteiger partial charge in [-0.15, -0.1) is 11.3 Å². The van der Waals surface area contributed by atoms with Crippen LogP contribution in [0.4, 0.5) is 19.0 Å². The molecule has 0 bridgehead atoms. The fraction of sp³-hybridized carbons (Fsp3) is 0.529. The minimum absolute atomic E-state index is 0.0421. The number of piperidine rings is 1. The number of nitrogens with one attached hydrogen (secondary N) is 1. The summed E-state index contributed by atoms with van der Waals surface area (Å²) in [7, 11) is 0. The zero-order valence-electron chi connectivity index (χ0n) is 14.3. The van der Waals surface area contributed by atoms with Crippen LogP contribution in [-0.2, 0) is 0 Å². The second-order valence-corrected chi connectivity index (χ2v) is 8.59. The van der Waals surface area contributed by atoms with E-state index in [-0.39, 0.29) is 23.8 Å². The molecule has 0 saturated carbocycles. The number of nitrogens with zero attached hydrogens (tertiary/aromatic N) is 3. The lowest BCUT2D eigenvalue weighted by atomic mass is 10.0. The van der Waals surface area contributed by atoms with E-state index in [1.807, 2.05) is 17.5 Å². The van der Waals surface area contributed by atoms with Crippen LogP contribution >= 0.6 is 27.3 Å². The summed E-state index contributed by atoms with van der Waals surface area (Å²) >= 11 is 4.74. The van der Waals surface area contributed by atoms with Crippen LogP contribution in [0, 0.1) is 0 Å². The first-order chi connectivity index (χ1) is 12.9. The Morgan fingerprint density at radius 3 is 2.67 bits per heavy atom. The van der Waals surface area contributed by atoms with E-state index >= 15 is 0 Å². The van der Waals surface area contributed by atoms with Gasteiger partial charge in [0.05, 0.1) is 10.5 Å². The Morgan fingerprint density at radius 2 is 2.04 bits per heavy atom. The van der Waals surface area contributed by atoms with E-state index in [1.165, 1.54) is 11.3 Å². The molecule has 0 radical (unpaired) electrons. The number of anilines is 1. The predicted molar refractivity (Wildman–Crippen MR) is 100 cm³/mol. The first kappa shape index (κ1) is 18.8. The van der Waals surface area contributed by atoms with Gasteiger partial charge in [-0.2, -0.15) is 18.3 Å². The molecular weight excluding hydrogens is 445 g/mol. The van der Waals surface area contributed by atoms with Crippen molar-refractivity contribution in [1.82, 2.24) is 14.7 Å². The molecule has 10 heteroatoms. The normalized spacial score (nSPS) is 23.0. The number of carbonyl (C=O) groups is 1. The summed E-state index contributed by atoms with van der Waals surface area (Å²) in [6.07, 6.45) is -1.75. The molecule has 2 atom stereocenters. The lowest BCUT2D eigenvalue weighted by Crippen LogP contribution is -2.37. The van der Waals surface area contributed by atoms with Crippen LogP contribution in [0.25, 0.3) is 0 Å². The van der Waals surface area contributed by atoms with E-state index in [9.17, 15) is 18.0 Å². The van der Waals surface area contributed by atoms with Crippen LogP contribution in [0.1, 0.15) is 53.1 Å². The molecule has 0 unspecified atom stereocenters. The quantitative estimate of drug-likeness (QED) is 0.683. The van der Waals surface area contributed by atoms with Crippen LogP contribution in [0.2, 0.25) is 0 Å². The molecule has 2 aliphatic rings. The SMILES string of the molecule is O=C(c1nn2c(c1Br)N[C@H](c1cccs1)C[C@H]2C(F)(F)F)N1CCCCC1. The lowest BCUT2D eigenvalue weighted by Gasteiger charge is -2.33. The van der Waals surface area contributed by atoms with Crippen molar-refractivity contribution in [2.24, 2.45) is 0 Å². The number of rotatable bonds is 2. The molecule has 4 heterocycles. The molecule has 27 heavy (non-hydrogen) atoms. The molecule has 1 saturated heterocycles. The van der Waals surface area contributed by atoms with Gasteiger partial charge in [0.1, 0.15) is 5.82 Å². The van der Waals surface area contributed by atoms with Gasteiger partial charge in [-0.3, -0.25) is 4.79 Å². The number of hydrogen-bond donors (Lipinski definition) is 1. The van der Waals surface area contributed by atoms with Crippen molar-refractivity contribution in [2.45, 2.75) is 43.9 Å². The number of halogens is 4. The summed E-state index contributed by atoms with van der Waals surface area (Å²) in [6.45, 7) is 1.23. The van der Waals surface area contributed by atoms with E-state index in [2.05, 4.69) is 26.3 Å². The van der Waals surface area contributed by atoms with E-state index in [4.69, 9.17) is 0 Å². The monoisotopic (exact) mass is 462 g/mol. The molecule has 0 aliphatic carbocycles. The zero-order valence-corrected chi connectivity index (χ0v) is 16.7. The van der Waals surface area contributed by atoms with Crippen LogP contribution < -0.4 is 5.32 Å². The minimum atomic E-state index is -4.46. The fourth-order valence-electron chi connectivity index (χ4n) is 3.65. The second kappa shape index (κ2) is 7.12. The first-order valence-electron chi connectivity index (χ1n) is 8.80. The average Bonchev–Trinajstić information content (AvgIpc) is 3.29. The van der Waals surface area contributed by atoms with Crippen molar-refractivity contribution in [3.8, 4) is 0 Å². The van der Waals surface area contributed by atoms with Gasteiger partial charge in [0, 0.05) is 24.4 Å². The Balaban J connectivity index is 1.72. The predicted octanol–water partition coefficient (Wildman–Crippen LogP) is 4.99. The van der Waals surface area contributed by atoms with Crippen LogP contribution in [0.5, 0.6) is 0 Å². The summed E-state index contributed by atoms with van der Waals surface area (Å²) in [5, 5.41) is 9.07. The van der Waals surface area contributed by atoms with Crippen molar-refractivity contribution in [3.05, 3.63) is 32.6 Å². The summed E-state index contributed by atoms with van der Waals surface area (Å²) in [5.74, 6) is -0.110. The molecule has 2 aromatic heterocycles. The smallest absolute Gasteiger partial charge is 0.362 e. The van der Waals surface area contributed by atoms with E-state index in [0.29, 0.717) is 17.6 Å². The highest BCUT2D eigenvalue weighted by Crippen LogP contribution is 2.47. The third kappa shape index (κ3) is 3.49. The maximum Gasteiger partial charge on any atom is 0.410 e. The number of aromatic nitrogens is 2. The molecule has 146 valence electrons. The van der Waals surface area contributed by atoms with E-state index in [0.717, 1.165) is 28.8 Å². The maximum absolute atomic E-state index is 13.7. The van der Waals surface area contributed by atoms with E-state index in [1.54, 1.807) is 4.90 Å². The summed E-state index contributed by atoms with van der Waals surface area (Å²) in [4.78, 5) is 15.3. The number of alkyl halides is 3. The Morgan fingerprint density at radius 1 is 1.30 bits per heavy atom. The maximum atomic E-state index is 13.7. The van der Waals surface area contributed by atoms with Gasteiger partial charge >= 0.3 is 6.18 Å². The number of likely N-dealkylation sites (tertiary alicyclic amines) is 1. The molecular formula is C17H18BrF3N4OS. The molecule has 2 aliphatic heterocycles. The molecule has 0 aromatic carbocycles. The fourth-order valence-corrected chi connectivity index (χ4v) is 4.98. The van der Waals surface area contributed by atoms with Gasteiger partial charge in [0.2, 0.25) is 0 Å². The molecule has 1 amide bonds. The van der Waals surface area contributed by atoms with Gasteiger partial charge in [0.15, 0.2) is 11.7 Å². The number of amides is 1. The molecule has 5 nitrogen and oxygen atoms in total. The Hall–Kier alpha value is -1.55. The van der Waals surface area contributed by atoms with Gasteiger partial charge in [0.25, 0.3) is 5.91 Å². The molecule has 1 N–H and O–H groups in total. The Kier molecular flexibility index (Phi) is 4.96. The van der Waals surface area contributed by atoms with Crippen LogP contribution in [-0.4, -0.2) is 39.9 Å². The largest absolute Gasteiger partial charge is 0.410 e. The summed E-state index contributed by atoms with van der Waals surface area (Å²) in [6, 6.07) is 1.38. The molecule has 2 aromatic rings. The summed E-state index contributed by atoms with van der Waals surface area (Å²) in [5.41, 5.74) is 0.0421. The second-order valence-electron chi connectivity index (χ2n) is 6.81. The first-order valence-corrected chi connectivity index (χ1v) is 10.5.